The second-order valence-corrected chi connectivity index (χ2v) is 4.13. The summed E-state index contributed by atoms with van der Waals surface area (Å²) in [4.78, 5) is 20.9. The first-order valence-corrected chi connectivity index (χ1v) is 6.15. The van der Waals surface area contributed by atoms with E-state index in [2.05, 4.69) is 6.92 Å². The first kappa shape index (κ1) is 25.9. The van der Waals surface area contributed by atoms with Crippen LogP contribution in [0.15, 0.2) is 12.2 Å². The predicted molar refractivity (Wildman–Crippen MR) is 60.6 cm³/mol. The summed E-state index contributed by atoms with van der Waals surface area (Å²) in [7, 11) is 0. The molecule has 0 aliphatic carbocycles. The quantitative estimate of drug-likeness (QED) is 0.229. The topological polar surface area (TPSA) is 80.3 Å². The molecule has 0 rings (SSSR count). The van der Waals surface area contributed by atoms with Crippen molar-refractivity contribution in [3.05, 3.63) is 12.2 Å². The van der Waals surface area contributed by atoms with Crippen LogP contribution in [0.25, 0.3) is 0 Å². The van der Waals surface area contributed by atoms with E-state index in [1.165, 1.54) is 25.3 Å². The third-order valence-corrected chi connectivity index (χ3v) is 2.53. The maximum Gasteiger partial charge on any atom is 1.00 e. The van der Waals surface area contributed by atoms with Gasteiger partial charge in [0, 0.05) is 17.9 Å². The predicted octanol–water partition coefficient (Wildman–Crippen LogP) is -5.58. The van der Waals surface area contributed by atoms with Gasteiger partial charge in [-0.05, 0) is 19.3 Å². The number of allylic oxidation sites excluding steroid dienone is 1. The van der Waals surface area contributed by atoms with Crippen molar-refractivity contribution in [2.24, 2.45) is 5.92 Å². The van der Waals surface area contributed by atoms with Gasteiger partial charge in [-0.1, -0.05) is 44.8 Å². The summed E-state index contributed by atoms with van der Waals surface area (Å²) in [6, 6.07) is 0. The molecule has 0 bridgehead atoms. The minimum atomic E-state index is -1.37. The first-order chi connectivity index (χ1) is 8.07. The summed E-state index contributed by atoms with van der Waals surface area (Å²) >= 11 is 0. The average Bonchev–Trinajstić information content (AvgIpc) is 2.25. The van der Waals surface area contributed by atoms with Crippen LogP contribution in [0, 0.1) is 5.92 Å². The van der Waals surface area contributed by atoms with Gasteiger partial charge in [-0.15, -0.1) is 0 Å². The average molecular weight is 318 g/mol. The van der Waals surface area contributed by atoms with Crippen molar-refractivity contribution in [2.45, 2.75) is 51.9 Å². The van der Waals surface area contributed by atoms with Gasteiger partial charge in [-0.2, -0.15) is 0 Å². The zero-order chi connectivity index (χ0) is 13.1. The number of carbonyl (C=O) groups excluding carboxylic acids is 2. The zero-order valence-electron chi connectivity index (χ0n) is 12.3. The molecule has 0 N–H and O–H groups in total. The van der Waals surface area contributed by atoms with E-state index >= 15 is 0 Å². The Hall–Kier alpha value is 1.95. The van der Waals surface area contributed by atoms with Gasteiger partial charge in [0.25, 0.3) is 0 Å². The standard InChI is InChI=1S/C13H22O4.2K/c1-2-3-4-5-6-7-8-9-11(13(16)17)10-12(14)15;;/h8-9,11H,2-7,10H2,1H3,(H,14,15)(H,16,17);;/q;2*+1/p-2. The van der Waals surface area contributed by atoms with Gasteiger partial charge < -0.3 is 19.8 Å². The monoisotopic (exact) mass is 318 g/mol. The molecular formula is C13H20K2O4. The Morgan fingerprint density at radius 1 is 1.05 bits per heavy atom. The van der Waals surface area contributed by atoms with Crippen molar-refractivity contribution in [3.8, 4) is 0 Å². The molecule has 0 aromatic carbocycles. The summed E-state index contributed by atoms with van der Waals surface area (Å²) in [5.41, 5.74) is 0. The van der Waals surface area contributed by atoms with Crippen LogP contribution in [-0.4, -0.2) is 11.9 Å². The normalized spacial score (nSPS) is 11.4. The smallest absolute Gasteiger partial charge is 0.550 e. The summed E-state index contributed by atoms with van der Waals surface area (Å²) in [5, 5.41) is 20.9. The maximum absolute atomic E-state index is 10.6. The summed E-state index contributed by atoms with van der Waals surface area (Å²) < 4.78 is 0. The third-order valence-electron chi connectivity index (χ3n) is 2.53. The number of carboxylic acids is 2. The second kappa shape index (κ2) is 18.0. The van der Waals surface area contributed by atoms with Gasteiger partial charge in [-0.25, -0.2) is 0 Å². The molecule has 0 aliphatic rings. The number of rotatable bonds is 10. The Morgan fingerprint density at radius 3 is 2.11 bits per heavy atom. The molecule has 0 radical (unpaired) electrons. The Morgan fingerprint density at radius 2 is 1.63 bits per heavy atom. The van der Waals surface area contributed by atoms with Gasteiger partial charge in [-0.3, -0.25) is 0 Å². The first-order valence-electron chi connectivity index (χ1n) is 6.15. The Bertz CT molecular complexity index is 267. The molecule has 4 nitrogen and oxygen atoms in total. The van der Waals surface area contributed by atoms with E-state index < -0.39 is 24.3 Å². The molecule has 0 amide bonds. The number of hydrogen-bond acceptors (Lipinski definition) is 4. The van der Waals surface area contributed by atoms with Crippen LogP contribution >= 0.6 is 0 Å². The van der Waals surface area contributed by atoms with E-state index in [9.17, 15) is 19.8 Å². The van der Waals surface area contributed by atoms with E-state index in [4.69, 9.17) is 0 Å². The van der Waals surface area contributed by atoms with Crippen molar-refractivity contribution in [3.63, 3.8) is 0 Å². The zero-order valence-corrected chi connectivity index (χ0v) is 18.6. The van der Waals surface area contributed by atoms with Crippen molar-refractivity contribution in [1.82, 2.24) is 0 Å². The minimum absolute atomic E-state index is 0. The van der Waals surface area contributed by atoms with Crippen LogP contribution in [-0.2, 0) is 9.59 Å². The van der Waals surface area contributed by atoms with Crippen molar-refractivity contribution in [2.75, 3.05) is 0 Å². The van der Waals surface area contributed by atoms with Crippen molar-refractivity contribution in [1.29, 1.82) is 0 Å². The van der Waals surface area contributed by atoms with E-state index in [0.717, 1.165) is 19.3 Å². The molecule has 0 fully saturated rings. The molecular weight excluding hydrogens is 298 g/mol. The Kier molecular flexibility index (Phi) is 24.5. The third kappa shape index (κ3) is 17.9. The van der Waals surface area contributed by atoms with E-state index in [1.54, 1.807) is 6.08 Å². The van der Waals surface area contributed by atoms with Gasteiger partial charge in [0.2, 0.25) is 0 Å². The van der Waals surface area contributed by atoms with Gasteiger partial charge >= 0.3 is 103 Å². The fraction of sp³-hybridized carbons (Fsp3) is 0.692. The molecule has 1 atom stereocenters. The summed E-state index contributed by atoms with van der Waals surface area (Å²) in [5.74, 6) is -3.81. The van der Waals surface area contributed by atoms with Crippen LogP contribution in [0.3, 0.4) is 0 Å². The van der Waals surface area contributed by atoms with Crippen LogP contribution in [0.4, 0.5) is 0 Å². The Labute approximate surface area is 200 Å². The largest absolute Gasteiger partial charge is 1.00 e. The molecule has 0 heterocycles. The van der Waals surface area contributed by atoms with E-state index in [1.807, 2.05) is 0 Å². The summed E-state index contributed by atoms with van der Waals surface area (Å²) in [6.07, 6.45) is 9.09. The SMILES string of the molecule is CCCCCCCC=CC(CC(=O)[O-])C(=O)[O-].[K+].[K+]. The maximum atomic E-state index is 10.6. The van der Waals surface area contributed by atoms with Crippen LogP contribution in [0.1, 0.15) is 51.9 Å². The van der Waals surface area contributed by atoms with Crippen LogP contribution < -0.4 is 113 Å². The molecule has 0 spiro atoms. The molecule has 0 aromatic rings. The van der Waals surface area contributed by atoms with Gasteiger partial charge in [0.05, 0.1) is 0 Å². The fourth-order valence-corrected chi connectivity index (χ4v) is 1.54. The van der Waals surface area contributed by atoms with Crippen LogP contribution in [0.5, 0.6) is 0 Å². The van der Waals surface area contributed by atoms with E-state index in [0.29, 0.717) is 0 Å². The van der Waals surface area contributed by atoms with Crippen molar-refractivity contribution < 1.29 is 123 Å². The molecule has 0 aromatic heterocycles. The molecule has 1 unspecified atom stereocenters. The fourth-order valence-electron chi connectivity index (χ4n) is 1.54. The van der Waals surface area contributed by atoms with E-state index in [-0.39, 0.29) is 103 Å². The van der Waals surface area contributed by atoms with Crippen molar-refractivity contribution >= 4 is 11.9 Å². The Balaban J connectivity index is -0.00000128. The molecule has 19 heavy (non-hydrogen) atoms. The second-order valence-electron chi connectivity index (χ2n) is 4.13. The van der Waals surface area contributed by atoms with Gasteiger partial charge in [0.15, 0.2) is 0 Å². The summed E-state index contributed by atoms with van der Waals surface area (Å²) in [6.45, 7) is 2.14. The molecule has 0 saturated carbocycles. The number of aliphatic carboxylic acids is 2. The molecule has 0 saturated heterocycles. The van der Waals surface area contributed by atoms with Crippen LogP contribution in [0.2, 0.25) is 0 Å². The minimum Gasteiger partial charge on any atom is -0.550 e. The molecule has 98 valence electrons. The number of carboxylic acid groups (broad SMARTS) is 2. The number of carbonyl (C=O) groups is 2. The molecule has 0 aliphatic heterocycles. The number of unbranched alkanes of at least 4 members (excludes halogenated alkanes) is 5. The number of hydrogen-bond donors (Lipinski definition) is 0. The van der Waals surface area contributed by atoms with Gasteiger partial charge in [0.1, 0.15) is 0 Å². The molecule has 6 heteroatoms.